The van der Waals surface area contributed by atoms with Gasteiger partial charge in [0.05, 0.1) is 10.9 Å². The van der Waals surface area contributed by atoms with Gasteiger partial charge in [0.25, 0.3) is 0 Å². The topological polar surface area (TPSA) is 12.9 Å². The molecule has 5 aromatic rings. The summed E-state index contributed by atoms with van der Waals surface area (Å²) in [4.78, 5) is 4.64. The quantitative estimate of drug-likeness (QED) is 0.295. The van der Waals surface area contributed by atoms with Crippen LogP contribution in [0.1, 0.15) is 22.3 Å². The predicted molar refractivity (Wildman–Crippen MR) is 118 cm³/mol. The fourth-order valence-electron chi connectivity index (χ4n) is 5.74. The van der Waals surface area contributed by atoms with Crippen LogP contribution in [0.3, 0.4) is 0 Å². The maximum absolute atomic E-state index is 4.64. The second-order valence-corrected chi connectivity index (χ2v) is 7.94. The maximum atomic E-state index is 4.64. The Bertz CT molecular complexity index is 1420. The van der Waals surface area contributed by atoms with Crippen LogP contribution in [0.15, 0.2) is 103 Å². The van der Waals surface area contributed by atoms with E-state index in [9.17, 15) is 0 Å². The van der Waals surface area contributed by atoms with Crippen LogP contribution in [0.25, 0.3) is 33.2 Å². The first kappa shape index (κ1) is 15.2. The smallest absolute Gasteiger partial charge is 0.0725 e. The van der Waals surface area contributed by atoms with E-state index in [0.717, 1.165) is 5.52 Å². The Balaban J connectivity index is 1.76. The first-order valence-electron chi connectivity index (χ1n) is 10.1. The Hall–Kier alpha value is -3.71. The molecule has 134 valence electrons. The summed E-state index contributed by atoms with van der Waals surface area (Å²) in [7, 11) is 0. The Morgan fingerprint density at radius 2 is 1.07 bits per heavy atom. The molecule has 1 heteroatoms. The minimum Gasteiger partial charge on any atom is -0.256 e. The summed E-state index contributed by atoms with van der Waals surface area (Å²) >= 11 is 0. The van der Waals surface area contributed by atoms with Crippen molar-refractivity contribution in [3.05, 3.63) is 126 Å². The average molecular weight is 367 g/mol. The highest BCUT2D eigenvalue weighted by molar-refractivity contribution is 6.05. The fourth-order valence-corrected chi connectivity index (χ4v) is 5.74. The van der Waals surface area contributed by atoms with Crippen molar-refractivity contribution in [3.8, 4) is 22.3 Å². The molecule has 0 amide bonds. The summed E-state index contributed by atoms with van der Waals surface area (Å²) < 4.78 is 0. The lowest BCUT2D eigenvalue weighted by molar-refractivity contribution is 0.794. The van der Waals surface area contributed by atoms with Gasteiger partial charge in [0.1, 0.15) is 0 Å². The molecule has 1 aromatic heterocycles. The van der Waals surface area contributed by atoms with Gasteiger partial charge in [-0.05, 0) is 56.6 Å². The van der Waals surface area contributed by atoms with E-state index in [1.807, 2.05) is 12.3 Å². The van der Waals surface area contributed by atoms with Gasteiger partial charge in [-0.25, -0.2) is 0 Å². The average Bonchev–Trinajstić information content (AvgIpc) is 3.27. The molecule has 1 nitrogen and oxygen atoms in total. The number of hydrogen-bond donors (Lipinski definition) is 0. The van der Waals surface area contributed by atoms with Crippen molar-refractivity contribution in [2.24, 2.45) is 0 Å². The number of pyridine rings is 1. The van der Waals surface area contributed by atoms with Crippen molar-refractivity contribution in [1.82, 2.24) is 4.98 Å². The first-order chi connectivity index (χ1) is 14.4. The van der Waals surface area contributed by atoms with Gasteiger partial charge < -0.3 is 0 Å². The zero-order valence-electron chi connectivity index (χ0n) is 15.8. The zero-order valence-corrected chi connectivity index (χ0v) is 15.8. The molecule has 0 N–H and O–H groups in total. The van der Waals surface area contributed by atoms with Gasteiger partial charge in [0.2, 0.25) is 0 Å². The Labute approximate surface area is 169 Å². The summed E-state index contributed by atoms with van der Waals surface area (Å²) in [5, 5.41) is 1.23. The molecule has 1 spiro atoms. The van der Waals surface area contributed by atoms with Gasteiger partial charge >= 0.3 is 0 Å². The highest BCUT2D eigenvalue weighted by Crippen LogP contribution is 2.63. The van der Waals surface area contributed by atoms with E-state index in [-0.39, 0.29) is 5.41 Å². The number of nitrogens with zero attached hydrogens (tertiary/aromatic N) is 1. The summed E-state index contributed by atoms with van der Waals surface area (Å²) in [6.45, 7) is 0. The van der Waals surface area contributed by atoms with Gasteiger partial charge in [-0.1, -0.05) is 84.9 Å². The van der Waals surface area contributed by atoms with Crippen LogP contribution in [0.2, 0.25) is 0 Å². The number of fused-ring (bicyclic) bond motifs is 12. The molecular weight excluding hydrogens is 350 g/mol. The van der Waals surface area contributed by atoms with E-state index >= 15 is 0 Å². The summed E-state index contributed by atoms with van der Waals surface area (Å²) in [6, 6.07) is 35.5. The molecule has 0 aliphatic heterocycles. The molecule has 2 aliphatic carbocycles. The molecule has 2 aliphatic rings. The van der Waals surface area contributed by atoms with Crippen molar-refractivity contribution in [3.63, 3.8) is 0 Å². The third-order valence-electron chi connectivity index (χ3n) is 6.74. The molecule has 0 saturated heterocycles. The second kappa shape index (κ2) is 5.21. The third-order valence-corrected chi connectivity index (χ3v) is 6.74. The molecule has 0 radical (unpaired) electrons. The van der Waals surface area contributed by atoms with Crippen LogP contribution in [-0.2, 0) is 5.41 Å². The molecule has 7 rings (SSSR count). The summed E-state index contributed by atoms with van der Waals surface area (Å²) in [6.07, 6.45) is 1.88. The molecule has 0 unspecified atom stereocenters. The third kappa shape index (κ3) is 1.66. The standard InChI is InChI=1S/C28H17N/c1-4-12-22-18(8-1)19-9-2-5-13-23(19)28(22)24-14-6-3-10-20(24)27-21-11-7-17-29-26(21)16-15-25(27)28/h1-17H. The van der Waals surface area contributed by atoms with Gasteiger partial charge in [-0.3, -0.25) is 4.98 Å². The minimum absolute atomic E-state index is 0.261. The maximum Gasteiger partial charge on any atom is 0.0725 e. The number of aromatic nitrogens is 1. The largest absolute Gasteiger partial charge is 0.256 e. The molecule has 0 atom stereocenters. The lowest BCUT2D eigenvalue weighted by atomic mass is 9.70. The van der Waals surface area contributed by atoms with Crippen LogP contribution in [-0.4, -0.2) is 4.98 Å². The lowest BCUT2D eigenvalue weighted by Gasteiger charge is -2.30. The molecule has 0 bridgehead atoms. The molecule has 1 heterocycles. The number of benzene rings is 4. The van der Waals surface area contributed by atoms with E-state index in [0.29, 0.717) is 0 Å². The lowest BCUT2D eigenvalue weighted by Crippen LogP contribution is -2.25. The van der Waals surface area contributed by atoms with Gasteiger partial charge in [0.15, 0.2) is 0 Å². The van der Waals surface area contributed by atoms with Crippen LogP contribution in [0, 0.1) is 0 Å². The Morgan fingerprint density at radius 1 is 0.483 bits per heavy atom. The SMILES string of the molecule is c1ccc2c(c1)-c1ccccc1C21c2ccccc2-c2c1ccc1ncccc21. The summed E-state index contributed by atoms with van der Waals surface area (Å²) in [5.74, 6) is 0. The van der Waals surface area contributed by atoms with Crippen molar-refractivity contribution >= 4 is 10.9 Å². The highest BCUT2D eigenvalue weighted by atomic mass is 14.6. The van der Waals surface area contributed by atoms with E-state index in [4.69, 9.17) is 0 Å². The van der Waals surface area contributed by atoms with E-state index in [1.54, 1.807) is 0 Å². The normalized spacial score (nSPS) is 14.5. The van der Waals surface area contributed by atoms with Crippen LogP contribution in [0.5, 0.6) is 0 Å². The minimum atomic E-state index is -0.261. The fraction of sp³-hybridized carbons (Fsp3) is 0.0357. The van der Waals surface area contributed by atoms with E-state index in [1.165, 1.54) is 49.9 Å². The number of hydrogen-bond acceptors (Lipinski definition) is 1. The van der Waals surface area contributed by atoms with Crippen LogP contribution in [0.4, 0.5) is 0 Å². The molecule has 0 saturated carbocycles. The Morgan fingerprint density at radius 3 is 1.76 bits per heavy atom. The van der Waals surface area contributed by atoms with Gasteiger partial charge in [-0.2, -0.15) is 0 Å². The van der Waals surface area contributed by atoms with Crippen molar-refractivity contribution < 1.29 is 0 Å². The number of rotatable bonds is 0. The van der Waals surface area contributed by atoms with Crippen molar-refractivity contribution in [1.29, 1.82) is 0 Å². The van der Waals surface area contributed by atoms with Crippen LogP contribution >= 0.6 is 0 Å². The van der Waals surface area contributed by atoms with E-state index in [2.05, 4.69) is 96.0 Å². The first-order valence-corrected chi connectivity index (χ1v) is 10.1. The van der Waals surface area contributed by atoms with Gasteiger partial charge in [0, 0.05) is 11.6 Å². The second-order valence-electron chi connectivity index (χ2n) is 7.94. The summed E-state index contributed by atoms with van der Waals surface area (Å²) in [5.41, 5.74) is 11.7. The molecular formula is C28H17N. The van der Waals surface area contributed by atoms with Crippen molar-refractivity contribution in [2.45, 2.75) is 5.41 Å². The Kier molecular flexibility index (Phi) is 2.74. The zero-order chi connectivity index (χ0) is 19.0. The van der Waals surface area contributed by atoms with Gasteiger partial charge in [-0.15, -0.1) is 0 Å². The predicted octanol–water partition coefficient (Wildman–Crippen LogP) is 6.58. The monoisotopic (exact) mass is 367 g/mol. The highest BCUT2D eigenvalue weighted by Gasteiger charge is 2.51. The van der Waals surface area contributed by atoms with Crippen molar-refractivity contribution in [2.75, 3.05) is 0 Å². The van der Waals surface area contributed by atoms with E-state index < -0.39 is 0 Å². The molecule has 29 heavy (non-hydrogen) atoms. The molecule has 4 aromatic carbocycles. The van der Waals surface area contributed by atoms with Crippen LogP contribution < -0.4 is 0 Å². The molecule has 0 fully saturated rings.